The second-order valence-corrected chi connectivity index (χ2v) is 7.40. The van der Waals surface area contributed by atoms with Crippen molar-refractivity contribution >= 4 is 5.69 Å². The molecule has 0 N–H and O–H groups in total. The molecule has 2 heterocycles. The van der Waals surface area contributed by atoms with Crippen LogP contribution < -0.4 is 4.90 Å². The number of hydrogen-bond acceptors (Lipinski definition) is 3. The molecule has 1 atom stereocenters. The zero-order valence-corrected chi connectivity index (χ0v) is 15.2. The predicted octanol–water partition coefficient (Wildman–Crippen LogP) is 3.55. The Labute approximate surface area is 142 Å². The maximum atomic E-state index is 2.61. The van der Waals surface area contributed by atoms with Gasteiger partial charge in [0.05, 0.1) is 0 Å². The van der Waals surface area contributed by atoms with Crippen molar-refractivity contribution in [3.05, 3.63) is 29.3 Å². The van der Waals surface area contributed by atoms with Gasteiger partial charge in [0.1, 0.15) is 0 Å². The summed E-state index contributed by atoms with van der Waals surface area (Å²) >= 11 is 0. The number of piperazine rings is 1. The lowest BCUT2D eigenvalue weighted by Gasteiger charge is -2.32. The highest BCUT2D eigenvalue weighted by Gasteiger charge is 2.27. The molecular weight excluding hydrogens is 282 g/mol. The Bertz CT molecular complexity index is 506. The molecule has 1 unspecified atom stereocenters. The molecule has 0 amide bonds. The van der Waals surface area contributed by atoms with E-state index in [4.69, 9.17) is 0 Å². The third-order valence-electron chi connectivity index (χ3n) is 5.45. The van der Waals surface area contributed by atoms with Gasteiger partial charge in [-0.25, -0.2) is 0 Å². The highest BCUT2D eigenvalue weighted by atomic mass is 15.2. The van der Waals surface area contributed by atoms with Crippen molar-refractivity contribution in [3.8, 4) is 0 Å². The number of benzene rings is 1. The van der Waals surface area contributed by atoms with Gasteiger partial charge in [0, 0.05) is 57.4 Å². The van der Waals surface area contributed by atoms with Crippen molar-refractivity contribution < 1.29 is 0 Å². The second-order valence-electron chi connectivity index (χ2n) is 7.40. The molecule has 1 saturated heterocycles. The van der Waals surface area contributed by atoms with Gasteiger partial charge in [0.15, 0.2) is 0 Å². The molecule has 23 heavy (non-hydrogen) atoms. The summed E-state index contributed by atoms with van der Waals surface area (Å²) in [5.74, 6) is 0.744. The van der Waals surface area contributed by atoms with Crippen LogP contribution in [-0.2, 0) is 6.54 Å². The van der Waals surface area contributed by atoms with Crippen LogP contribution in [0, 0.1) is 0 Å². The van der Waals surface area contributed by atoms with E-state index in [0.29, 0.717) is 0 Å². The highest BCUT2D eigenvalue weighted by Crippen LogP contribution is 2.39. The van der Waals surface area contributed by atoms with Crippen molar-refractivity contribution in [1.29, 1.82) is 0 Å². The summed E-state index contributed by atoms with van der Waals surface area (Å²) < 4.78 is 0. The molecule has 1 aromatic carbocycles. The van der Waals surface area contributed by atoms with Gasteiger partial charge >= 0.3 is 0 Å². The van der Waals surface area contributed by atoms with Gasteiger partial charge in [-0.05, 0) is 37.1 Å². The van der Waals surface area contributed by atoms with E-state index in [1.165, 1.54) is 69.8 Å². The van der Waals surface area contributed by atoms with Gasteiger partial charge < -0.3 is 9.80 Å². The van der Waals surface area contributed by atoms with E-state index in [1.807, 2.05) is 0 Å². The van der Waals surface area contributed by atoms with Gasteiger partial charge in [0.25, 0.3) is 0 Å². The van der Waals surface area contributed by atoms with Crippen molar-refractivity contribution in [1.82, 2.24) is 9.80 Å². The molecule has 3 rings (SSSR count). The normalized spacial score (nSPS) is 22.6. The minimum atomic E-state index is 0.744. The molecule has 0 aromatic heterocycles. The summed E-state index contributed by atoms with van der Waals surface area (Å²) in [5, 5.41) is 0. The molecular formula is C20H33N3. The van der Waals surface area contributed by atoms with Crippen LogP contribution in [0.25, 0.3) is 0 Å². The Kier molecular flexibility index (Phi) is 5.60. The Morgan fingerprint density at radius 3 is 2.52 bits per heavy atom. The number of anilines is 1. The number of hydrogen-bond donors (Lipinski definition) is 0. The number of likely N-dealkylation sites (N-methyl/N-ethyl adjacent to an activating group) is 1. The Morgan fingerprint density at radius 1 is 1.04 bits per heavy atom. The predicted molar refractivity (Wildman–Crippen MR) is 99.4 cm³/mol. The summed E-state index contributed by atoms with van der Waals surface area (Å²) in [7, 11) is 2.23. The lowest BCUT2D eigenvalue weighted by atomic mass is 9.95. The zero-order valence-electron chi connectivity index (χ0n) is 15.2. The minimum absolute atomic E-state index is 0.744. The van der Waals surface area contributed by atoms with Crippen LogP contribution in [0.1, 0.15) is 50.2 Å². The van der Waals surface area contributed by atoms with E-state index < -0.39 is 0 Å². The fourth-order valence-electron chi connectivity index (χ4n) is 4.12. The van der Waals surface area contributed by atoms with Crippen LogP contribution in [0.15, 0.2) is 18.2 Å². The summed E-state index contributed by atoms with van der Waals surface area (Å²) in [4.78, 5) is 7.64. The first kappa shape index (κ1) is 16.8. The van der Waals surface area contributed by atoms with Crippen LogP contribution in [0.5, 0.6) is 0 Å². The third-order valence-corrected chi connectivity index (χ3v) is 5.45. The van der Waals surface area contributed by atoms with Crippen LogP contribution >= 0.6 is 0 Å². The fraction of sp³-hybridized carbons (Fsp3) is 0.700. The molecule has 2 aliphatic rings. The van der Waals surface area contributed by atoms with Gasteiger partial charge in [-0.15, -0.1) is 0 Å². The molecule has 1 aromatic rings. The van der Waals surface area contributed by atoms with E-state index in [-0.39, 0.29) is 0 Å². The molecule has 1 fully saturated rings. The Hall–Kier alpha value is -1.06. The minimum Gasteiger partial charge on any atom is -0.371 e. The maximum Gasteiger partial charge on any atom is 0.0402 e. The van der Waals surface area contributed by atoms with Crippen LogP contribution in [0.2, 0.25) is 0 Å². The summed E-state index contributed by atoms with van der Waals surface area (Å²) in [5.41, 5.74) is 4.63. The summed E-state index contributed by atoms with van der Waals surface area (Å²) in [6.45, 7) is 13.0. The first-order chi connectivity index (χ1) is 11.2. The van der Waals surface area contributed by atoms with Gasteiger partial charge in [-0.2, -0.15) is 0 Å². The molecule has 3 nitrogen and oxygen atoms in total. The maximum absolute atomic E-state index is 2.61. The first-order valence-corrected chi connectivity index (χ1v) is 9.50. The van der Waals surface area contributed by atoms with Crippen molar-refractivity contribution in [2.24, 2.45) is 0 Å². The van der Waals surface area contributed by atoms with Crippen LogP contribution in [0.4, 0.5) is 5.69 Å². The molecule has 0 spiro atoms. The fourth-order valence-corrected chi connectivity index (χ4v) is 4.12. The molecule has 2 aliphatic heterocycles. The lowest BCUT2D eigenvalue weighted by Crippen LogP contribution is -2.43. The number of nitrogens with zero attached hydrogens (tertiary/aromatic N) is 3. The lowest BCUT2D eigenvalue weighted by molar-refractivity contribution is 0.148. The largest absolute Gasteiger partial charge is 0.371 e. The average molecular weight is 316 g/mol. The summed E-state index contributed by atoms with van der Waals surface area (Å²) in [6, 6.07) is 7.28. The van der Waals surface area contributed by atoms with E-state index in [9.17, 15) is 0 Å². The Balaban J connectivity index is 1.73. The quantitative estimate of drug-likeness (QED) is 0.795. The molecule has 3 heteroatoms. The highest BCUT2D eigenvalue weighted by molar-refractivity contribution is 5.61. The Morgan fingerprint density at radius 2 is 1.83 bits per heavy atom. The molecule has 128 valence electrons. The van der Waals surface area contributed by atoms with E-state index >= 15 is 0 Å². The average Bonchev–Trinajstić information content (AvgIpc) is 2.88. The number of rotatable bonds is 6. The van der Waals surface area contributed by atoms with E-state index in [0.717, 1.165) is 12.5 Å². The first-order valence-electron chi connectivity index (χ1n) is 9.50. The van der Waals surface area contributed by atoms with Crippen molar-refractivity contribution in [3.63, 3.8) is 0 Å². The smallest absolute Gasteiger partial charge is 0.0402 e. The standard InChI is InChI=1S/C20H33N3/c1-4-6-18-16-23(9-5-2)20-8-7-17(14-19(18)20)15-22-12-10-21(3)11-13-22/h7-8,14,18H,4-6,9-13,15-16H2,1-3H3. The second kappa shape index (κ2) is 7.67. The topological polar surface area (TPSA) is 9.72 Å². The zero-order chi connectivity index (χ0) is 16.2. The molecule has 0 aliphatic carbocycles. The van der Waals surface area contributed by atoms with E-state index in [1.54, 1.807) is 5.56 Å². The van der Waals surface area contributed by atoms with Crippen LogP contribution in [-0.4, -0.2) is 56.1 Å². The van der Waals surface area contributed by atoms with Crippen molar-refractivity contribution in [2.75, 3.05) is 51.2 Å². The summed E-state index contributed by atoms with van der Waals surface area (Å²) in [6.07, 6.45) is 3.85. The van der Waals surface area contributed by atoms with E-state index in [2.05, 4.69) is 53.8 Å². The molecule has 0 saturated carbocycles. The van der Waals surface area contributed by atoms with Gasteiger partial charge in [-0.3, -0.25) is 4.90 Å². The SMILES string of the molecule is CCCC1CN(CCC)c2ccc(CN3CCN(C)CC3)cc21. The third kappa shape index (κ3) is 3.89. The number of fused-ring (bicyclic) bond motifs is 1. The molecule has 0 bridgehead atoms. The van der Waals surface area contributed by atoms with Crippen LogP contribution in [0.3, 0.4) is 0 Å². The molecule has 0 radical (unpaired) electrons. The monoisotopic (exact) mass is 315 g/mol. The van der Waals surface area contributed by atoms with Crippen molar-refractivity contribution in [2.45, 2.75) is 45.6 Å². The van der Waals surface area contributed by atoms with Gasteiger partial charge in [-0.1, -0.05) is 32.4 Å². The van der Waals surface area contributed by atoms with Gasteiger partial charge in [0.2, 0.25) is 0 Å².